The molecule has 1 aliphatic rings. The predicted octanol–water partition coefficient (Wildman–Crippen LogP) is 9.73. The van der Waals surface area contributed by atoms with Crippen LogP contribution >= 0.6 is 11.3 Å². The van der Waals surface area contributed by atoms with Crippen molar-refractivity contribution in [3.63, 3.8) is 0 Å². The molecule has 1 aliphatic carbocycles. The van der Waals surface area contributed by atoms with Crippen LogP contribution in [0.2, 0.25) is 0 Å². The van der Waals surface area contributed by atoms with Crippen molar-refractivity contribution in [3.05, 3.63) is 114 Å². The second-order valence-corrected chi connectivity index (χ2v) is 11.4. The molecule has 7 aromatic rings. The summed E-state index contributed by atoms with van der Waals surface area (Å²) in [5.74, 6) is 0. The van der Waals surface area contributed by atoms with Crippen LogP contribution in [0.4, 0.5) is 0 Å². The fraction of sp³-hybridized carbons (Fsp3) is 0.0882. The zero-order valence-electron chi connectivity index (χ0n) is 20.2. The lowest BCUT2D eigenvalue weighted by Crippen LogP contribution is -2.16. The Labute approximate surface area is 213 Å². The summed E-state index contributed by atoms with van der Waals surface area (Å²) in [6, 6.07) is 35.7. The second-order valence-electron chi connectivity index (χ2n) is 10.4. The molecule has 0 amide bonds. The van der Waals surface area contributed by atoms with E-state index in [0.29, 0.717) is 0 Å². The molecule has 0 radical (unpaired) electrons. The van der Waals surface area contributed by atoms with Crippen LogP contribution in [0.15, 0.2) is 103 Å². The van der Waals surface area contributed by atoms with Gasteiger partial charge in [0.25, 0.3) is 0 Å². The topological polar surface area (TPSA) is 12.9 Å². The van der Waals surface area contributed by atoms with E-state index in [1.165, 1.54) is 69.7 Å². The lowest BCUT2D eigenvalue weighted by molar-refractivity contribution is 0.666. The first-order valence-electron chi connectivity index (χ1n) is 12.5. The molecule has 170 valence electrons. The molecule has 0 aliphatic heterocycles. The summed E-state index contributed by atoms with van der Waals surface area (Å²) in [6.07, 6.45) is 1.92. The van der Waals surface area contributed by atoms with Crippen molar-refractivity contribution in [2.45, 2.75) is 19.3 Å². The third-order valence-electron chi connectivity index (χ3n) is 8.08. The van der Waals surface area contributed by atoms with Crippen LogP contribution in [0.5, 0.6) is 0 Å². The standard InChI is InChI=1S/C34H23NS/c1-34(2)28-19-20(21-12-7-13-25-22-9-5-6-15-29(22)36-33(21)25)16-17-26(28)30-23-10-3-4-11-24(23)32-27(31(30)34)14-8-18-35-32/h3-19H,1-2H3. The molecule has 36 heavy (non-hydrogen) atoms. The Balaban J connectivity index is 1.44. The Morgan fingerprint density at radius 3 is 2.28 bits per heavy atom. The van der Waals surface area contributed by atoms with E-state index in [-0.39, 0.29) is 5.41 Å². The fourth-order valence-corrected chi connectivity index (χ4v) is 7.72. The minimum atomic E-state index is -0.125. The highest BCUT2D eigenvalue weighted by Gasteiger charge is 2.38. The Hall–Kier alpha value is -4.01. The Bertz CT molecular complexity index is 2030. The molecule has 0 N–H and O–H groups in total. The van der Waals surface area contributed by atoms with Gasteiger partial charge >= 0.3 is 0 Å². The van der Waals surface area contributed by atoms with Gasteiger partial charge in [-0.05, 0) is 57.0 Å². The average Bonchev–Trinajstić information content (AvgIpc) is 3.41. The van der Waals surface area contributed by atoms with Gasteiger partial charge in [-0.15, -0.1) is 11.3 Å². The highest BCUT2D eigenvalue weighted by molar-refractivity contribution is 7.26. The number of benzene rings is 5. The normalized spacial score (nSPS) is 14.1. The van der Waals surface area contributed by atoms with Gasteiger partial charge in [0, 0.05) is 42.6 Å². The summed E-state index contributed by atoms with van der Waals surface area (Å²) in [7, 11) is 0. The van der Waals surface area contributed by atoms with Crippen molar-refractivity contribution < 1.29 is 0 Å². The number of nitrogens with zero attached hydrogens (tertiary/aromatic N) is 1. The summed E-state index contributed by atoms with van der Waals surface area (Å²) in [4.78, 5) is 4.84. The van der Waals surface area contributed by atoms with Crippen LogP contribution in [0.1, 0.15) is 25.0 Å². The van der Waals surface area contributed by atoms with Gasteiger partial charge in [0.15, 0.2) is 0 Å². The highest BCUT2D eigenvalue weighted by Crippen LogP contribution is 2.55. The van der Waals surface area contributed by atoms with Crippen molar-refractivity contribution in [1.29, 1.82) is 0 Å². The number of pyridine rings is 1. The second kappa shape index (κ2) is 7.02. The minimum absolute atomic E-state index is 0.125. The molecule has 0 saturated carbocycles. The van der Waals surface area contributed by atoms with E-state index in [0.717, 1.165) is 5.52 Å². The van der Waals surface area contributed by atoms with E-state index in [9.17, 15) is 0 Å². The van der Waals surface area contributed by atoms with Gasteiger partial charge < -0.3 is 0 Å². The summed E-state index contributed by atoms with van der Waals surface area (Å²) in [6.45, 7) is 4.76. The molecule has 1 nitrogen and oxygen atoms in total. The van der Waals surface area contributed by atoms with Crippen LogP contribution < -0.4 is 0 Å². The van der Waals surface area contributed by atoms with E-state index in [1.807, 2.05) is 17.5 Å². The molecule has 0 saturated heterocycles. The van der Waals surface area contributed by atoms with Gasteiger partial charge in [-0.2, -0.15) is 0 Å². The lowest BCUT2D eigenvalue weighted by Gasteiger charge is -2.24. The number of aromatic nitrogens is 1. The third kappa shape index (κ3) is 2.52. The van der Waals surface area contributed by atoms with Gasteiger partial charge in [0.1, 0.15) is 0 Å². The molecular weight excluding hydrogens is 454 g/mol. The molecule has 5 aromatic carbocycles. The van der Waals surface area contributed by atoms with Crippen LogP contribution in [-0.2, 0) is 5.41 Å². The van der Waals surface area contributed by atoms with Crippen LogP contribution in [0.3, 0.4) is 0 Å². The largest absolute Gasteiger partial charge is 0.256 e. The van der Waals surface area contributed by atoms with E-state index in [1.54, 1.807) is 0 Å². The Morgan fingerprint density at radius 2 is 1.39 bits per heavy atom. The average molecular weight is 478 g/mol. The Morgan fingerprint density at radius 1 is 0.639 bits per heavy atom. The molecule has 0 bridgehead atoms. The summed E-state index contributed by atoms with van der Waals surface area (Å²) in [5, 5.41) is 6.48. The van der Waals surface area contributed by atoms with Gasteiger partial charge in [-0.25, -0.2) is 0 Å². The van der Waals surface area contributed by atoms with Crippen molar-refractivity contribution in [3.8, 4) is 22.3 Å². The van der Waals surface area contributed by atoms with Crippen molar-refractivity contribution in [2.24, 2.45) is 0 Å². The number of fused-ring (bicyclic) bond motifs is 11. The van der Waals surface area contributed by atoms with Crippen molar-refractivity contribution >= 4 is 53.2 Å². The maximum atomic E-state index is 4.84. The van der Waals surface area contributed by atoms with Crippen LogP contribution in [0, 0.1) is 0 Å². The number of hydrogen-bond donors (Lipinski definition) is 0. The first-order valence-corrected chi connectivity index (χ1v) is 13.3. The van der Waals surface area contributed by atoms with Gasteiger partial charge in [-0.3, -0.25) is 4.98 Å². The number of hydrogen-bond acceptors (Lipinski definition) is 2. The molecular formula is C34H23NS. The minimum Gasteiger partial charge on any atom is -0.256 e. The quantitative estimate of drug-likeness (QED) is 0.214. The maximum Gasteiger partial charge on any atom is 0.0783 e. The number of rotatable bonds is 1. The van der Waals surface area contributed by atoms with Gasteiger partial charge in [-0.1, -0.05) is 92.7 Å². The zero-order valence-corrected chi connectivity index (χ0v) is 21.0. The monoisotopic (exact) mass is 477 g/mol. The third-order valence-corrected chi connectivity index (χ3v) is 9.30. The molecule has 8 rings (SSSR count). The zero-order chi connectivity index (χ0) is 24.0. The smallest absolute Gasteiger partial charge is 0.0783 e. The predicted molar refractivity (Wildman–Crippen MR) is 155 cm³/mol. The van der Waals surface area contributed by atoms with Crippen molar-refractivity contribution in [2.75, 3.05) is 0 Å². The molecule has 0 fully saturated rings. The van der Waals surface area contributed by atoms with E-state index < -0.39 is 0 Å². The highest BCUT2D eigenvalue weighted by atomic mass is 32.1. The lowest BCUT2D eigenvalue weighted by atomic mass is 9.79. The van der Waals surface area contributed by atoms with E-state index in [4.69, 9.17) is 4.98 Å². The molecule has 2 heterocycles. The molecule has 0 unspecified atom stereocenters. The van der Waals surface area contributed by atoms with E-state index in [2.05, 4.69) is 111 Å². The van der Waals surface area contributed by atoms with Gasteiger partial charge in [0.05, 0.1) is 5.52 Å². The first kappa shape index (κ1) is 20.2. The number of thiophene rings is 1. The van der Waals surface area contributed by atoms with Gasteiger partial charge in [0.2, 0.25) is 0 Å². The SMILES string of the molecule is CC1(C)c2cc(-c3cccc4c3sc3ccccc34)ccc2-c2c1c1cccnc1c1ccccc21. The van der Waals surface area contributed by atoms with Crippen molar-refractivity contribution in [1.82, 2.24) is 4.98 Å². The molecule has 0 spiro atoms. The fourth-order valence-electron chi connectivity index (χ4n) is 6.48. The summed E-state index contributed by atoms with van der Waals surface area (Å²) < 4.78 is 2.71. The van der Waals surface area contributed by atoms with Crippen LogP contribution in [-0.4, -0.2) is 4.98 Å². The molecule has 2 aromatic heterocycles. The van der Waals surface area contributed by atoms with E-state index >= 15 is 0 Å². The Kier molecular flexibility index (Phi) is 3.94. The van der Waals surface area contributed by atoms with Crippen LogP contribution in [0.25, 0.3) is 64.1 Å². The first-order chi connectivity index (χ1) is 17.6. The molecule has 0 atom stereocenters. The maximum absolute atomic E-state index is 4.84. The summed E-state index contributed by atoms with van der Waals surface area (Å²) in [5.41, 5.74) is 9.11. The summed E-state index contributed by atoms with van der Waals surface area (Å²) >= 11 is 1.90. The molecule has 2 heteroatoms.